The molecule has 2 aromatic carbocycles. The van der Waals surface area contributed by atoms with Crippen molar-refractivity contribution in [2.75, 3.05) is 0 Å². The summed E-state index contributed by atoms with van der Waals surface area (Å²) >= 11 is 5.23. The molecule has 1 N–H and O–H groups in total. The van der Waals surface area contributed by atoms with Crippen LogP contribution in [-0.4, -0.2) is 26.0 Å². The smallest absolute Gasteiger partial charge is 0.258 e. The van der Waals surface area contributed by atoms with Gasteiger partial charge in [0.05, 0.1) is 11.1 Å². The predicted octanol–water partition coefficient (Wildman–Crippen LogP) is 4.01. The Kier molecular flexibility index (Phi) is 4.53. The molecule has 0 spiro atoms. The quantitative estimate of drug-likeness (QED) is 0.332. The molecule has 0 atom stereocenters. The van der Waals surface area contributed by atoms with Gasteiger partial charge in [0.1, 0.15) is 0 Å². The minimum atomic E-state index is -0.409. The molecule has 1 aromatic heterocycles. The molecule has 8 heteroatoms. The van der Waals surface area contributed by atoms with Gasteiger partial charge in [0, 0.05) is 22.8 Å². The van der Waals surface area contributed by atoms with Crippen molar-refractivity contribution in [2.24, 2.45) is 5.10 Å². The van der Waals surface area contributed by atoms with Crippen LogP contribution >= 0.6 is 12.2 Å². The van der Waals surface area contributed by atoms with Crippen molar-refractivity contribution >= 4 is 24.1 Å². The average molecular weight is 353 g/mol. The third-order valence-electron chi connectivity index (χ3n) is 3.71. The third-order valence-corrected chi connectivity index (χ3v) is 3.98. The third kappa shape index (κ3) is 3.53. The summed E-state index contributed by atoms with van der Waals surface area (Å²) in [5.41, 5.74) is 3.26. The number of nitrogens with one attached hydrogen (secondary N) is 1. The van der Waals surface area contributed by atoms with Crippen LogP contribution in [-0.2, 0) is 0 Å². The molecular weight excluding hydrogens is 338 g/mol. The summed E-state index contributed by atoms with van der Waals surface area (Å²) in [6.45, 7) is 3.70. The summed E-state index contributed by atoms with van der Waals surface area (Å²) in [7, 11) is 0. The first-order chi connectivity index (χ1) is 12.0. The molecule has 1 heterocycles. The molecule has 0 radical (unpaired) electrons. The number of nitro benzene ring substituents is 1. The summed E-state index contributed by atoms with van der Waals surface area (Å²) < 4.78 is 1.83. The Balaban J connectivity index is 1.99. The maximum atomic E-state index is 11.1. The molecule has 126 valence electrons. The van der Waals surface area contributed by atoms with Crippen LogP contribution < -0.4 is 0 Å². The van der Waals surface area contributed by atoms with Crippen LogP contribution in [0, 0.1) is 28.7 Å². The van der Waals surface area contributed by atoms with E-state index in [1.807, 2.05) is 31.2 Å². The molecule has 7 nitrogen and oxygen atoms in total. The number of rotatable bonds is 4. The Morgan fingerprint density at radius 1 is 1.24 bits per heavy atom. The minimum absolute atomic E-state index is 0.0542. The van der Waals surface area contributed by atoms with Crippen molar-refractivity contribution in [3.05, 3.63) is 74.0 Å². The van der Waals surface area contributed by atoms with E-state index in [1.54, 1.807) is 19.1 Å². The van der Waals surface area contributed by atoms with Crippen molar-refractivity contribution in [1.29, 1.82) is 0 Å². The topological polar surface area (TPSA) is 89.1 Å². The number of H-pyrrole nitrogens is 1. The Labute approximate surface area is 148 Å². The lowest BCUT2D eigenvalue weighted by Crippen LogP contribution is -1.97. The number of aryl methyl sites for hydroxylation is 2. The molecule has 0 saturated heterocycles. The number of hydrogen-bond acceptors (Lipinski definition) is 5. The van der Waals surface area contributed by atoms with Crippen LogP contribution in [0.15, 0.2) is 47.6 Å². The number of nitro groups is 1. The van der Waals surface area contributed by atoms with Gasteiger partial charge in [-0.05, 0) is 26.1 Å². The van der Waals surface area contributed by atoms with E-state index in [0.717, 1.165) is 11.1 Å². The fourth-order valence-corrected chi connectivity index (χ4v) is 2.50. The number of hydrogen-bond donors (Lipinski definition) is 1. The zero-order valence-electron chi connectivity index (χ0n) is 13.6. The Morgan fingerprint density at radius 2 is 1.96 bits per heavy atom. The van der Waals surface area contributed by atoms with Crippen molar-refractivity contribution in [3.8, 4) is 11.4 Å². The van der Waals surface area contributed by atoms with Crippen LogP contribution in [0.25, 0.3) is 11.4 Å². The highest BCUT2D eigenvalue weighted by atomic mass is 32.1. The maximum Gasteiger partial charge on any atom is 0.272 e. The summed E-state index contributed by atoms with van der Waals surface area (Å²) in [5, 5.41) is 22.3. The van der Waals surface area contributed by atoms with Crippen molar-refractivity contribution < 1.29 is 4.92 Å². The number of nitrogens with zero attached hydrogens (tertiary/aromatic N) is 4. The molecule has 0 aliphatic heterocycles. The van der Waals surface area contributed by atoms with Crippen LogP contribution in [0.2, 0.25) is 0 Å². The van der Waals surface area contributed by atoms with E-state index in [1.165, 1.54) is 17.0 Å². The average Bonchev–Trinajstić information content (AvgIpc) is 2.95. The lowest BCUT2D eigenvalue weighted by atomic mass is 10.1. The summed E-state index contributed by atoms with van der Waals surface area (Å²) in [6, 6.07) is 12.8. The fraction of sp³-hybridized carbons (Fsp3) is 0.118. The van der Waals surface area contributed by atoms with E-state index in [9.17, 15) is 10.1 Å². The van der Waals surface area contributed by atoms with Crippen LogP contribution in [0.3, 0.4) is 0 Å². The van der Waals surface area contributed by atoms with E-state index in [0.29, 0.717) is 21.7 Å². The van der Waals surface area contributed by atoms with Gasteiger partial charge in [0.2, 0.25) is 4.77 Å². The van der Waals surface area contributed by atoms with E-state index in [2.05, 4.69) is 15.3 Å². The first kappa shape index (κ1) is 16.7. The molecule has 3 rings (SSSR count). The van der Waals surface area contributed by atoms with Crippen molar-refractivity contribution in [1.82, 2.24) is 14.9 Å². The lowest BCUT2D eigenvalue weighted by Gasteiger charge is -2.02. The molecule has 0 aliphatic carbocycles. The second kappa shape index (κ2) is 6.78. The molecule has 0 fully saturated rings. The molecule has 0 unspecified atom stereocenters. The first-order valence-corrected chi connectivity index (χ1v) is 7.90. The highest BCUT2D eigenvalue weighted by Crippen LogP contribution is 2.20. The van der Waals surface area contributed by atoms with Gasteiger partial charge in [-0.25, -0.2) is 5.10 Å². The highest BCUT2D eigenvalue weighted by Gasteiger charge is 2.11. The molecule has 3 aromatic rings. The fourth-order valence-electron chi connectivity index (χ4n) is 2.32. The van der Waals surface area contributed by atoms with Gasteiger partial charge in [0.25, 0.3) is 5.69 Å². The van der Waals surface area contributed by atoms with Gasteiger partial charge in [-0.3, -0.25) is 10.1 Å². The van der Waals surface area contributed by atoms with Gasteiger partial charge in [-0.15, -0.1) is 0 Å². The minimum Gasteiger partial charge on any atom is -0.258 e. The number of aromatic nitrogens is 3. The van der Waals surface area contributed by atoms with Gasteiger partial charge in [-0.2, -0.15) is 14.9 Å². The Morgan fingerprint density at radius 3 is 2.64 bits per heavy atom. The predicted molar refractivity (Wildman–Crippen MR) is 98.4 cm³/mol. The van der Waals surface area contributed by atoms with Crippen molar-refractivity contribution in [2.45, 2.75) is 13.8 Å². The molecule has 0 saturated carbocycles. The van der Waals surface area contributed by atoms with E-state index in [4.69, 9.17) is 12.2 Å². The van der Waals surface area contributed by atoms with Crippen LogP contribution in [0.1, 0.15) is 16.7 Å². The number of benzene rings is 2. The lowest BCUT2D eigenvalue weighted by molar-refractivity contribution is -0.385. The first-order valence-electron chi connectivity index (χ1n) is 7.49. The van der Waals surface area contributed by atoms with E-state index >= 15 is 0 Å². The van der Waals surface area contributed by atoms with Gasteiger partial charge >= 0.3 is 0 Å². The van der Waals surface area contributed by atoms with Gasteiger partial charge in [-0.1, -0.05) is 42.0 Å². The second-order valence-electron chi connectivity index (χ2n) is 5.58. The highest BCUT2D eigenvalue weighted by molar-refractivity contribution is 7.71. The van der Waals surface area contributed by atoms with Gasteiger partial charge < -0.3 is 0 Å². The summed E-state index contributed by atoms with van der Waals surface area (Å²) in [6.07, 6.45) is 1.52. The molecule has 25 heavy (non-hydrogen) atoms. The maximum absolute atomic E-state index is 11.1. The Bertz CT molecular complexity index is 1020. The summed E-state index contributed by atoms with van der Waals surface area (Å²) in [5.74, 6) is 0.572. The molecule has 0 amide bonds. The molecular formula is C17H15N5O2S. The Hall–Kier alpha value is -3.13. The normalized spacial score (nSPS) is 11.1. The molecule has 0 bridgehead atoms. The second-order valence-corrected chi connectivity index (χ2v) is 5.96. The monoisotopic (exact) mass is 353 g/mol. The molecule has 0 aliphatic rings. The summed E-state index contributed by atoms with van der Waals surface area (Å²) in [4.78, 5) is 10.6. The number of aromatic amines is 1. The van der Waals surface area contributed by atoms with E-state index < -0.39 is 4.92 Å². The van der Waals surface area contributed by atoms with Crippen molar-refractivity contribution in [3.63, 3.8) is 0 Å². The zero-order chi connectivity index (χ0) is 18.0. The van der Waals surface area contributed by atoms with E-state index in [-0.39, 0.29) is 5.69 Å². The van der Waals surface area contributed by atoms with Crippen LogP contribution in [0.5, 0.6) is 0 Å². The van der Waals surface area contributed by atoms with Gasteiger partial charge in [0.15, 0.2) is 5.82 Å². The SMILES string of the molecule is Cc1ccc(-c2n[nH]c(=S)n2/N=C\c2ccc(C)c([N+](=O)[O-])c2)cc1. The zero-order valence-corrected chi connectivity index (χ0v) is 14.4. The standard InChI is InChI=1S/C17H15N5O2S/c1-11-3-7-14(8-4-11)16-19-20-17(25)21(16)18-10-13-6-5-12(2)15(9-13)22(23)24/h3-10H,1-2H3,(H,20,25)/b18-10-. The largest absolute Gasteiger partial charge is 0.272 e. The van der Waals surface area contributed by atoms with Crippen LogP contribution in [0.4, 0.5) is 5.69 Å².